The molecule has 0 aliphatic heterocycles. The molecule has 3 heterocycles. The van der Waals surface area contributed by atoms with Crippen LogP contribution in [0.5, 0.6) is 0 Å². The van der Waals surface area contributed by atoms with Gasteiger partial charge in [0.15, 0.2) is 0 Å². The van der Waals surface area contributed by atoms with Gasteiger partial charge in [-0.1, -0.05) is 6.92 Å². The van der Waals surface area contributed by atoms with Gasteiger partial charge in [-0.15, -0.1) is 11.3 Å². The number of aromatic nitrogens is 3. The predicted molar refractivity (Wildman–Crippen MR) is 84.3 cm³/mol. The Bertz CT molecular complexity index is 714. The fourth-order valence-corrected chi connectivity index (χ4v) is 3.28. The number of rotatable bonds is 5. The molecule has 0 aliphatic carbocycles. The maximum absolute atomic E-state index is 4.61. The Balaban J connectivity index is 1.72. The molecule has 0 unspecified atom stereocenters. The molecule has 0 spiro atoms. The third-order valence-electron chi connectivity index (χ3n) is 3.24. The van der Waals surface area contributed by atoms with E-state index >= 15 is 0 Å². The number of thiazole rings is 1. The highest BCUT2D eigenvalue weighted by Crippen LogP contribution is 2.21. The number of aromatic amines is 1. The van der Waals surface area contributed by atoms with Crippen molar-refractivity contribution in [2.75, 3.05) is 5.32 Å². The first-order valence-corrected chi connectivity index (χ1v) is 7.71. The minimum absolute atomic E-state index is 0.784. The predicted octanol–water partition coefficient (Wildman–Crippen LogP) is 3.89. The average Bonchev–Trinajstić information content (AvgIpc) is 3.03. The van der Waals surface area contributed by atoms with Gasteiger partial charge < -0.3 is 10.3 Å². The Hall–Kier alpha value is -1.88. The maximum Gasteiger partial charge on any atom is 0.139 e. The lowest BCUT2D eigenvalue weighted by Gasteiger charge is -2.04. The van der Waals surface area contributed by atoms with Crippen molar-refractivity contribution in [3.05, 3.63) is 40.0 Å². The first kappa shape index (κ1) is 13.1. The highest BCUT2D eigenvalue weighted by molar-refractivity contribution is 7.11. The summed E-state index contributed by atoms with van der Waals surface area (Å²) in [6, 6.07) is 6.11. The Kier molecular flexibility index (Phi) is 3.69. The van der Waals surface area contributed by atoms with Crippen molar-refractivity contribution in [3.8, 4) is 0 Å². The Morgan fingerprint density at radius 3 is 3.00 bits per heavy atom. The summed E-state index contributed by atoms with van der Waals surface area (Å²) in [5.41, 5.74) is 2.05. The summed E-state index contributed by atoms with van der Waals surface area (Å²) in [5, 5.41) is 5.74. The van der Waals surface area contributed by atoms with Crippen LogP contribution >= 0.6 is 11.3 Å². The van der Waals surface area contributed by atoms with E-state index in [1.807, 2.05) is 18.3 Å². The van der Waals surface area contributed by atoms with Gasteiger partial charge in [-0.05, 0) is 38.0 Å². The van der Waals surface area contributed by atoms with E-state index in [2.05, 4.69) is 40.2 Å². The summed E-state index contributed by atoms with van der Waals surface area (Å²) in [6.07, 6.45) is 4.12. The van der Waals surface area contributed by atoms with Gasteiger partial charge in [0.05, 0.1) is 17.2 Å². The second kappa shape index (κ2) is 5.63. The van der Waals surface area contributed by atoms with Crippen LogP contribution in [0.1, 0.15) is 28.9 Å². The normalized spacial score (nSPS) is 11.1. The molecule has 2 N–H and O–H groups in total. The number of pyridine rings is 1. The molecule has 0 aromatic carbocycles. The number of hydrogen-bond donors (Lipinski definition) is 2. The second-order valence-electron chi connectivity index (χ2n) is 4.83. The summed E-state index contributed by atoms with van der Waals surface area (Å²) in [5.74, 6) is 0.893. The quantitative estimate of drug-likeness (QED) is 0.748. The zero-order chi connectivity index (χ0) is 13.9. The Morgan fingerprint density at radius 1 is 1.25 bits per heavy atom. The van der Waals surface area contributed by atoms with Crippen LogP contribution in [0.15, 0.2) is 24.4 Å². The molecule has 0 atom stereocenters. The Labute approximate surface area is 122 Å². The summed E-state index contributed by atoms with van der Waals surface area (Å²) < 4.78 is 0. The number of H-pyrrole nitrogens is 1. The third-order valence-corrected chi connectivity index (χ3v) is 4.46. The van der Waals surface area contributed by atoms with Crippen molar-refractivity contribution in [2.45, 2.75) is 33.2 Å². The first-order valence-electron chi connectivity index (χ1n) is 6.89. The molecular weight excluding hydrogens is 268 g/mol. The highest BCUT2D eigenvalue weighted by atomic mass is 32.1. The van der Waals surface area contributed by atoms with Crippen LogP contribution in [0.25, 0.3) is 11.0 Å². The zero-order valence-corrected chi connectivity index (χ0v) is 12.5. The van der Waals surface area contributed by atoms with Gasteiger partial charge in [-0.3, -0.25) is 0 Å². The minimum Gasteiger partial charge on any atom is -0.365 e. The standard InChI is InChI=1S/C15H18N4S/c1-3-4-14-18-10(2)12(20-14)9-17-13-6-5-11-7-8-16-15(11)19-13/h5-8H,3-4,9H2,1-2H3,(H2,16,17,19). The summed E-state index contributed by atoms with van der Waals surface area (Å²) in [6.45, 7) is 5.05. The Morgan fingerprint density at radius 2 is 2.15 bits per heavy atom. The van der Waals surface area contributed by atoms with E-state index in [0.717, 1.165) is 41.9 Å². The average molecular weight is 286 g/mol. The molecule has 0 saturated heterocycles. The third kappa shape index (κ3) is 2.67. The second-order valence-corrected chi connectivity index (χ2v) is 6.00. The molecule has 0 saturated carbocycles. The molecule has 104 valence electrons. The highest BCUT2D eigenvalue weighted by Gasteiger charge is 2.07. The van der Waals surface area contributed by atoms with Gasteiger partial charge in [-0.25, -0.2) is 9.97 Å². The zero-order valence-electron chi connectivity index (χ0n) is 11.7. The summed E-state index contributed by atoms with van der Waals surface area (Å²) in [4.78, 5) is 13.6. The molecule has 0 fully saturated rings. The van der Waals surface area contributed by atoms with Crippen molar-refractivity contribution in [1.82, 2.24) is 15.0 Å². The fraction of sp³-hybridized carbons (Fsp3) is 0.333. The van der Waals surface area contributed by atoms with Gasteiger partial charge in [0.2, 0.25) is 0 Å². The minimum atomic E-state index is 0.784. The number of aryl methyl sites for hydroxylation is 2. The molecule has 4 nitrogen and oxygen atoms in total. The van der Waals surface area contributed by atoms with Crippen molar-refractivity contribution >= 4 is 28.2 Å². The van der Waals surface area contributed by atoms with Gasteiger partial charge in [0.25, 0.3) is 0 Å². The van der Waals surface area contributed by atoms with Gasteiger partial charge in [0.1, 0.15) is 11.5 Å². The molecule has 20 heavy (non-hydrogen) atoms. The molecule has 3 aromatic rings. The molecular formula is C15H18N4S. The van der Waals surface area contributed by atoms with Gasteiger partial charge >= 0.3 is 0 Å². The number of nitrogens with zero attached hydrogens (tertiary/aromatic N) is 2. The van der Waals surface area contributed by atoms with Crippen LogP contribution in [0.2, 0.25) is 0 Å². The van der Waals surface area contributed by atoms with Crippen molar-refractivity contribution in [2.24, 2.45) is 0 Å². The SMILES string of the molecule is CCCc1nc(C)c(CNc2ccc3cc[nH]c3n2)s1. The van der Waals surface area contributed by atoms with Crippen LogP contribution in [-0.2, 0) is 13.0 Å². The first-order chi connectivity index (χ1) is 9.76. The van der Waals surface area contributed by atoms with E-state index < -0.39 is 0 Å². The summed E-state index contributed by atoms with van der Waals surface area (Å²) >= 11 is 1.80. The lowest BCUT2D eigenvalue weighted by atomic mass is 10.3. The van der Waals surface area contributed by atoms with E-state index in [9.17, 15) is 0 Å². The molecule has 0 aliphatic rings. The molecule has 3 aromatic heterocycles. The number of anilines is 1. The van der Waals surface area contributed by atoms with E-state index in [1.165, 1.54) is 9.88 Å². The summed E-state index contributed by atoms with van der Waals surface area (Å²) in [7, 11) is 0. The lowest BCUT2D eigenvalue weighted by molar-refractivity contribution is 0.902. The van der Waals surface area contributed by atoms with E-state index in [1.54, 1.807) is 11.3 Å². The van der Waals surface area contributed by atoms with Gasteiger partial charge in [-0.2, -0.15) is 0 Å². The molecule has 0 amide bonds. The van der Waals surface area contributed by atoms with Crippen molar-refractivity contribution in [3.63, 3.8) is 0 Å². The number of fused-ring (bicyclic) bond motifs is 1. The monoisotopic (exact) mass is 286 g/mol. The maximum atomic E-state index is 4.61. The lowest BCUT2D eigenvalue weighted by Crippen LogP contribution is -2.00. The molecule has 0 radical (unpaired) electrons. The van der Waals surface area contributed by atoms with E-state index in [-0.39, 0.29) is 0 Å². The largest absolute Gasteiger partial charge is 0.365 e. The van der Waals surface area contributed by atoms with Crippen LogP contribution in [-0.4, -0.2) is 15.0 Å². The van der Waals surface area contributed by atoms with E-state index in [4.69, 9.17) is 0 Å². The molecule has 5 heteroatoms. The van der Waals surface area contributed by atoms with Crippen LogP contribution in [0.3, 0.4) is 0 Å². The number of hydrogen-bond acceptors (Lipinski definition) is 4. The smallest absolute Gasteiger partial charge is 0.139 e. The fourth-order valence-electron chi connectivity index (χ4n) is 2.17. The van der Waals surface area contributed by atoms with E-state index in [0.29, 0.717) is 0 Å². The topological polar surface area (TPSA) is 53.6 Å². The molecule has 3 rings (SSSR count). The van der Waals surface area contributed by atoms with Crippen LogP contribution in [0, 0.1) is 6.92 Å². The molecule has 0 bridgehead atoms. The number of nitrogens with one attached hydrogen (secondary N) is 2. The van der Waals surface area contributed by atoms with Crippen LogP contribution in [0.4, 0.5) is 5.82 Å². The van der Waals surface area contributed by atoms with Crippen molar-refractivity contribution < 1.29 is 0 Å². The van der Waals surface area contributed by atoms with Crippen molar-refractivity contribution in [1.29, 1.82) is 0 Å². The van der Waals surface area contributed by atoms with Crippen LogP contribution < -0.4 is 5.32 Å². The van der Waals surface area contributed by atoms with Gasteiger partial charge in [0, 0.05) is 16.5 Å².